The van der Waals surface area contributed by atoms with Crippen LogP contribution in [0, 0.1) is 5.82 Å². The van der Waals surface area contributed by atoms with Crippen molar-refractivity contribution >= 4 is 22.8 Å². The molecule has 4 rings (SSSR count). The molecule has 0 radical (unpaired) electrons. The summed E-state index contributed by atoms with van der Waals surface area (Å²) in [6.07, 6.45) is 1.61. The number of rotatable bonds is 7. The van der Waals surface area contributed by atoms with Gasteiger partial charge in [0.2, 0.25) is 5.89 Å². The van der Waals surface area contributed by atoms with Crippen LogP contribution in [0.1, 0.15) is 5.69 Å². The maximum absolute atomic E-state index is 13.4. The van der Waals surface area contributed by atoms with E-state index in [1.165, 1.54) is 12.1 Å². The summed E-state index contributed by atoms with van der Waals surface area (Å²) in [6.45, 7) is 1.34. The molecule has 2 aromatic carbocycles. The SMILES string of the molecule is COCCn1c(SCc2coc(-c3cccc(F)c3)n2)nc2ccccc21. The van der Waals surface area contributed by atoms with E-state index in [9.17, 15) is 4.39 Å². The van der Waals surface area contributed by atoms with Crippen LogP contribution in [0.2, 0.25) is 0 Å². The number of oxazole rings is 1. The van der Waals surface area contributed by atoms with Crippen molar-refractivity contribution in [3.63, 3.8) is 0 Å². The standard InChI is InChI=1S/C20H18FN3O2S/c1-25-10-9-24-18-8-3-2-7-17(18)23-20(24)27-13-16-12-26-19(22-16)14-5-4-6-15(21)11-14/h2-8,11-12H,9-10,13H2,1H3. The molecule has 0 aliphatic rings. The van der Waals surface area contributed by atoms with Gasteiger partial charge in [0.05, 0.1) is 23.3 Å². The fourth-order valence-electron chi connectivity index (χ4n) is 2.83. The van der Waals surface area contributed by atoms with Gasteiger partial charge >= 0.3 is 0 Å². The largest absolute Gasteiger partial charge is 0.444 e. The number of aromatic nitrogens is 3. The van der Waals surface area contributed by atoms with Crippen LogP contribution in [0.3, 0.4) is 0 Å². The molecule has 27 heavy (non-hydrogen) atoms. The maximum atomic E-state index is 13.4. The number of imidazole rings is 1. The van der Waals surface area contributed by atoms with Crippen molar-refractivity contribution in [2.45, 2.75) is 17.5 Å². The molecule has 0 atom stereocenters. The number of ether oxygens (including phenoxy) is 1. The first-order chi connectivity index (χ1) is 13.2. The second-order valence-electron chi connectivity index (χ2n) is 5.97. The Hall–Kier alpha value is -2.64. The van der Waals surface area contributed by atoms with Crippen molar-refractivity contribution in [3.05, 3.63) is 66.3 Å². The van der Waals surface area contributed by atoms with Gasteiger partial charge in [-0.25, -0.2) is 14.4 Å². The van der Waals surface area contributed by atoms with Crippen LogP contribution in [0.25, 0.3) is 22.5 Å². The minimum atomic E-state index is -0.312. The molecule has 0 N–H and O–H groups in total. The molecule has 7 heteroatoms. The van der Waals surface area contributed by atoms with Gasteiger partial charge in [-0.3, -0.25) is 0 Å². The number of para-hydroxylation sites is 2. The highest BCUT2D eigenvalue weighted by Gasteiger charge is 2.13. The summed E-state index contributed by atoms with van der Waals surface area (Å²) in [5.41, 5.74) is 3.44. The molecule has 0 saturated carbocycles. The van der Waals surface area contributed by atoms with Gasteiger partial charge in [-0.2, -0.15) is 0 Å². The van der Waals surface area contributed by atoms with Gasteiger partial charge in [0.25, 0.3) is 0 Å². The van der Waals surface area contributed by atoms with Crippen molar-refractivity contribution in [2.75, 3.05) is 13.7 Å². The Morgan fingerprint density at radius 2 is 2.04 bits per heavy atom. The molecule has 4 aromatic rings. The number of nitrogens with zero attached hydrogens (tertiary/aromatic N) is 3. The Morgan fingerprint density at radius 3 is 2.89 bits per heavy atom. The first-order valence-electron chi connectivity index (χ1n) is 8.52. The van der Waals surface area contributed by atoms with E-state index in [-0.39, 0.29) is 5.82 Å². The normalized spacial score (nSPS) is 11.3. The van der Waals surface area contributed by atoms with Crippen LogP contribution in [-0.2, 0) is 17.0 Å². The number of hydrogen-bond acceptors (Lipinski definition) is 5. The zero-order chi connectivity index (χ0) is 18.6. The Labute approximate surface area is 160 Å². The van der Waals surface area contributed by atoms with E-state index in [1.807, 2.05) is 18.2 Å². The molecule has 5 nitrogen and oxygen atoms in total. The van der Waals surface area contributed by atoms with Crippen LogP contribution < -0.4 is 0 Å². The van der Waals surface area contributed by atoms with E-state index in [1.54, 1.807) is 37.3 Å². The first kappa shape index (κ1) is 17.8. The molecule has 0 aliphatic heterocycles. The van der Waals surface area contributed by atoms with E-state index < -0.39 is 0 Å². The Balaban J connectivity index is 1.53. The van der Waals surface area contributed by atoms with Gasteiger partial charge in [-0.15, -0.1) is 0 Å². The Morgan fingerprint density at radius 1 is 1.15 bits per heavy atom. The third kappa shape index (κ3) is 3.89. The second kappa shape index (κ2) is 7.94. The van der Waals surface area contributed by atoms with Gasteiger partial charge in [0.1, 0.15) is 12.1 Å². The highest BCUT2D eigenvalue weighted by atomic mass is 32.2. The van der Waals surface area contributed by atoms with E-state index in [4.69, 9.17) is 14.1 Å². The van der Waals surface area contributed by atoms with Gasteiger partial charge in [0.15, 0.2) is 5.16 Å². The topological polar surface area (TPSA) is 53.1 Å². The summed E-state index contributed by atoms with van der Waals surface area (Å²) in [7, 11) is 1.69. The van der Waals surface area contributed by atoms with Gasteiger partial charge < -0.3 is 13.7 Å². The van der Waals surface area contributed by atoms with E-state index >= 15 is 0 Å². The Bertz CT molecular complexity index is 1060. The number of thioether (sulfide) groups is 1. The lowest BCUT2D eigenvalue weighted by molar-refractivity contribution is 0.186. The van der Waals surface area contributed by atoms with Crippen LogP contribution >= 0.6 is 11.8 Å². The summed E-state index contributed by atoms with van der Waals surface area (Å²) >= 11 is 1.59. The molecule has 0 unspecified atom stereocenters. The fourth-order valence-corrected chi connectivity index (χ4v) is 3.75. The van der Waals surface area contributed by atoms with Crippen LogP contribution in [-0.4, -0.2) is 28.3 Å². The summed E-state index contributed by atoms with van der Waals surface area (Å²) in [5.74, 6) is 0.709. The van der Waals surface area contributed by atoms with Crippen molar-refractivity contribution < 1.29 is 13.5 Å². The zero-order valence-corrected chi connectivity index (χ0v) is 15.6. The lowest BCUT2D eigenvalue weighted by Gasteiger charge is -2.07. The van der Waals surface area contributed by atoms with Crippen molar-refractivity contribution in [2.24, 2.45) is 0 Å². The molecule has 0 aliphatic carbocycles. The minimum absolute atomic E-state index is 0.312. The van der Waals surface area contributed by atoms with Crippen LogP contribution in [0.4, 0.5) is 4.39 Å². The molecule has 2 aromatic heterocycles. The number of halogens is 1. The average molecular weight is 383 g/mol. The lowest BCUT2D eigenvalue weighted by Crippen LogP contribution is -2.05. The predicted molar refractivity (Wildman–Crippen MR) is 103 cm³/mol. The summed E-state index contributed by atoms with van der Waals surface area (Å²) < 4.78 is 26.3. The van der Waals surface area contributed by atoms with Gasteiger partial charge in [-0.1, -0.05) is 30.0 Å². The molecular formula is C20H18FN3O2S. The second-order valence-corrected chi connectivity index (χ2v) is 6.91. The number of hydrogen-bond donors (Lipinski definition) is 0. The highest BCUT2D eigenvalue weighted by Crippen LogP contribution is 2.28. The number of benzene rings is 2. The zero-order valence-electron chi connectivity index (χ0n) is 14.8. The molecular weight excluding hydrogens is 365 g/mol. The average Bonchev–Trinajstić information content (AvgIpc) is 3.29. The maximum Gasteiger partial charge on any atom is 0.226 e. The molecule has 0 spiro atoms. The first-order valence-corrected chi connectivity index (χ1v) is 9.50. The van der Waals surface area contributed by atoms with Crippen molar-refractivity contribution in [1.29, 1.82) is 0 Å². The molecule has 138 valence electrons. The summed E-state index contributed by atoms with van der Waals surface area (Å²) in [5, 5.41) is 0.906. The highest BCUT2D eigenvalue weighted by molar-refractivity contribution is 7.98. The smallest absolute Gasteiger partial charge is 0.226 e. The minimum Gasteiger partial charge on any atom is -0.444 e. The molecule has 2 heterocycles. The van der Waals surface area contributed by atoms with Crippen LogP contribution in [0.5, 0.6) is 0 Å². The van der Waals surface area contributed by atoms with Crippen molar-refractivity contribution in [1.82, 2.24) is 14.5 Å². The Kier molecular flexibility index (Phi) is 5.22. The molecule has 0 bridgehead atoms. The lowest BCUT2D eigenvalue weighted by atomic mass is 10.2. The van der Waals surface area contributed by atoms with E-state index in [2.05, 4.69) is 15.6 Å². The van der Waals surface area contributed by atoms with Crippen LogP contribution in [0.15, 0.2) is 64.4 Å². The van der Waals surface area contributed by atoms with E-state index in [0.717, 1.165) is 28.4 Å². The third-order valence-corrected chi connectivity index (χ3v) is 5.12. The molecule has 0 amide bonds. The summed E-state index contributed by atoms with van der Waals surface area (Å²) in [6, 6.07) is 14.3. The quantitative estimate of drug-likeness (QED) is 0.430. The van der Waals surface area contributed by atoms with E-state index in [0.29, 0.717) is 23.8 Å². The summed E-state index contributed by atoms with van der Waals surface area (Å²) in [4.78, 5) is 9.19. The predicted octanol–water partition coefficient (Wildman–Crippen LogP) is 4.77. The fraction of sp³-hybridized carbons (Fsp3) is 0.200. The monoisotopic (exact) mass is 383 g/mol. The molecule has 0 saturated heterocycles. The van der Waals surface area contributed by atoms with Crippen molar-refractivity contribution in [3.8, 4) is 11.5 Å². The third-order valence-electron chi connectivity index (χ3n) is 4.11. The number of fused-ring (bicyclic) bond motifs is 1. The molecule has 0 fully saturated rings. The van der Waals surface area contributed by atoms with Gasteiger partial charge in [-0.05, 0) is 30.3 Å². The van der Waals surface area contributed by atoms with Gasteiger partial charge in [0, 0.05) is 25.0 Å². The number of methoxy groups -OCH3 is 1.